The van der Waals surface area contributed by atoms with Gasteiger partial charge in [0, 0.05) is 11.1 Å². The summed E-state index contributed by atoms with van der Waals surface area (Å²) in [5.74, 6) is -0.927. The van der Waals surface area contributed by atoms with E-state index in [0.29, 0.717) is 5.02 Å². The second kappa shape index (κ2) is 8.19. The molecule has 0 aromatic heterocycles. The summed E-state index contributed by atoms with van der Waals surface area (Å²) in [4.78, 5) is 10.7. The first kappa shape index (κ1) is 16.8. The van der Waals surface area contributed by atoms with Crippen molar-refractivity contribution >= 4 is 29.6 Å². The van der Waals surface area contributed by atoms with Crippen LogP contribution >= 0.6 is 11.6 Å². The van der Waals surface area contributed by atoms with E-state index in [1.54, 1.807) is 23.2 Å². The van der Waals surface area contributed by atoms with E-state index in [-0.39, 0.29) is 12.6 Å². The third-order valence-electron chi connectivity index (χ3n) is 3.19. The number of nitrogens with one attached hydrogen (secondary N) is 2. The smallest absolute Gasteiger partial charge is 0.345 e. The van der Waals surface area contributed by atoms with Crippen LogP contribution in [-0.4, -0.2) is 28.6 Å². The maximum atomic E-state index is 10.7. The SMILES string of the molecule is C[C@H](N[N+](=CNCC(=O)O)c1cccc(Cl)c1)c1ccccc1. The summed E-state index contributed by atoms with van der Waals surface area (Å²) in [6.07, 6.45) is 1.58. The highest BCUT2D eigenvalue weighted by atomic mass is 35.5. The van der Waals surface area contributed by atoms with E-state index < -0.39 is 5.97 Å². The molecule has 120 valence electrons. The van der Waals surface area contributed by atoms with Crippen molar-refractivity contribution < 1.29 is 14.6 Å². The third kappa shape index (κ3) is 5.30. The molecule has 0 fully saturated rings. The third-order valence-corrected chi connectivity index (χ3v) is 3.43. The van der Waals surface area contributed by atoms with Gasteiger partial charge in [-0.15, -0.1) is 4.68 Å². The monoisotopic (exact) mass is 332 g/mol. The number of hydrogen-bond donors (Lipinski definition) is 3. The molecular formula is C17H19ClN3O2+. The minimum atomic E-state index is -0.927. The second-order valence-corrected chi connectivity index (χ2v) is 5.45. The molecule has 0 heterocycles. The Morgan fingerprint density at radius 3 is 2.65 bits per heavy atom. The fourth-order valence-electron chi connectivity index (χ4n) is 2.06. The van der Waals surface area contributed by atoms with Crippen molar-refractivity contribution in [2.45, 2.75) is 13.0 Å². The number of hydrogen-bond acceptors (Lipinski definition) is 2. The largest absolute Gasteiger partial charge is 0.478 e. The molecule has 0 bridgehead atoms. The summed E-state index contributed by atoms with van der Waals surface area (Å²) >= 11 is 6.04. The number of carboxylic acid groups (broad SMARTS) is 1. The van der Waals surface area contributed by atoms with Gasteiger partial charge in [-0.2, -0.15) is 0 Å². The quantitative estimate of drug-likeness (QED) is 0.316. The van der Waals surface area contributed by atoms with Crippen LogP contribution in [0.5, 0.6) is 0 Å². The molecule has 0 radical (unpaired) electrons. The summed E-state index contributed by atoms with van der Waals surface area (Å²) in [5.41, 5.74) is 5.23. The number of halogens is 1. The Labute approximate surface area is 140 Å². The van der Waals surface area contributed by atoms with Crippen LogP contribution in [0.1, 0.15) is 18.5 Å². The van der Waals surface area contributed by atoms with Gasteiger partial charge < -0.3 is 5.11 Å². The van der Waals surface area contributed by atoms with E-state index in [4.69, 9.17) is 16.7 Å². The average Bonchev–Trinajstić information content (AvgIpc) is 2.54. The minimum absolute atomic E-state index is 0.0260. The van der Waals surface area contributed by atoms with Gasteiger partial charge in [-0.1, -0.05) is 48.0 Å². The Hall–Kier alpha value is -2.53. The molecule has 1 atom stereocenters. The number of carbonyl (C=O) groups is 1. The zero-order valence-corrected chi connectivity index (χ0v) is 13.5. The summed E-state index contributed by atoms with van der Waals surface area (Å²) in [6.45, 7) is 1.86. The Morgan fingerprint density at radius 1 is 1.26 bits per heavy atom. The number of hydrazone groups is 1. The van der Waals surface area contributed by atoms with Crippen molar-refractivity contribution in [3.05, 3.63) is 65.2 Å². The lowest BCUT2D eigenvalue weighted by atomic mass is 10.1. The van der Waals surface area contributed by atoms with Crippen molar-refractivity contribution in [3.8, 4) is 0 Å². The number of nitrogens with zero attached hydrogens (tertiary/aromatic N) is 1. The fourth-order valence-corrected chi connectivity index (χ4v) is 2.25. The van der Waals surface area contributed by atoms with Gasteiger partial charge in [0.15, 0.2) is 12.2 Å². The van der Waals surface area contributed by atoms with E-state index in [1.165, 1.54) is 0 Å². The normalized spacial score (nSPS) is 12.5. The van der Waals surface area contributed by atoms with Crippen molar-refractivity contribution in [1.29, 1.82) is 0 Å². The molecule has 0 aliphatic rings. The average molecular weight is 333 g/mol. The Bertz CT molecular complexity index is 689. The molecule has 0 aliphatic heterocycles. The van der Waals surface area contributed by atoms with Crippen LogP contribution in [0.2, 0.25) is 5.02 Å². The van der Waals surface area contributed by atoms with E-state index in [9.17, 15) is 4.79 Å². The van der Waals surface area contributed by atoms with Crippen LogP contribution in [0.4, 0.5) is 5.69 Å². The number of carboxylic acids is 1. The van der Waals surface area contributed by atoms with Crippen LogP contribution < -0.4 is 10.7 Å². The predicted molar refractivity (Wildman–Crippen MR) is 91.1 cm³/mol. The van der Waals surface area contributed by atoms with Gasteiger partial charge >= 0.3 is 5.97 Å². The van der Waals surface area contributed by atoms with Crippen molar-refractivity contribution in [1.82, 2.24) is 10.7 Å². The van der Waals surface area contributed by atoms with Crippen LogP contribution in [0.25, 0.3) is 0 Å². The summed E-state index contributed by atoms with van der Waals surface area (Å²) < 4.78 is 1.73. The number of aliphatic carboxylic acids is 1. The number of benzene rings is 2. The van der Waals surface area contributed by atoms with E-state index in [2.05, 4.69) is 10.7 Å². The second-order valence-electron chi connectivity index (χ2n) is 5.02. The molecule has 2 rings (SSSR count). The maximum absolute atomic E-state index is 10.7. The van der Waals surface area contributed by atoms with Gasteiger partial charge in [0.1, 0.15) is 0 Å². The highest BCUT2D eigenvalue weighted by Crippen LogP contribution is 2.18. The van der Waals surface area contributed by atoms with Crippen molar-refractivity contribution in [3.63, 3.8) is 0 Å². The van der Waals surface area contributed by atoms with Crippen molar-refractivity contribution in [2.75, 3.05) is 6.54 Å². The minimum Gasteiger partial charge on any atom is -0.478 e. The molecule has 3 N–H and O–H groups in total. The Kier molecular flexibility index (Phi) is 6.00. The molecule has 0 saturated carbocycles. The molecule has 2 aromatic rings. The first-order chi connectivity index (χ1) is 11.1. The van der Waals surface area contributed by atoms with Gasteiger partial charge in [0.2, 0.25) is 0 Å². The lowest BCUT2D eigenvalue weighted by molar-refractivity contribution is -0.512. The lowest BCUT2D eigenvalue weighted by Gasteiger charge is -2.16. The topological polar surface area (TPSA) is 64.4 Å². The van der Waals surface area contributed by atoms with E-state index in [0.717, 1.165) is 11.3 Å². The summed E-state index contributed by atoms with van der Waals surface area (Å²) in [5, 5.41) is 12.1. The Balaban J connectivity index is 2.21. The van der Waals surface area contributed by atoms with E-state index in [1.807, 2.05) is 49.4 Å². The summed E-state index contributed by atoms with van der Waals surface area (Å²) in [6, 6.07) is 17.3. The molecule has 2 aromatic carbocycles. The van der Waals surface area contributed by atoms with Gasteiger partial charge in [-0.3, -0.25) is 5.32 Å². The predicted octanol–water partition coefficient (Wildman–Crippen LogP) is 2.95. The van der Waals surface area contributed by atoms with E-state index >= 15 is 0 Å². The highest BCUT2D eigenvalue weighted by molar-refractivity contribution is 6.30. The molecule has 5 nitrogen and oxygen atoms in total. The lowest BCUT2D eigenvalue weighted by Crippen LogP contribution is -2.34. The first-order valence-electron chi connectivity index (χ1n) is 7.20. The van der Waals surface area contributed by atoms with Gasteiger partial charge in [0.25, 0.3) is 6.34 Å². The van der Waals surface area contributed by atoms with Gasteiger partial charge in [0.05, 0.1) is 6.04 Å². The molecule has 0 unspecified atom stereocenters. The van der Waals surface area contributed by atoms with Crippen LogP contribution in [0, 0.1) is 0 Å². The van der Waals surface area contributed by atoms with Crippen molar-refractivity contribution in [2.24, 2.45) is 0 Å². The molecule has 0 saturated heterocycles. The Morgan fingerprint density at radius 2 is 2.00 bits per heavy atom. The van der Waals surface area contributed by atoms with Crippen LogP contribution in [-0.2, 0) is 4.79 Å². The van der Waals surface area contributed by atoms with Gasteiger partial charge in [-0.25, -0.2) is 10.2 Å². The molecule has 23 heavy (non-hydrogen) atoms. The molecule has 0 aliphatic carbocycles. The fraction of sp³-hybridized carbons (Fsp3) is 0.176. The van der Waals surface area contributed by atoms with Gasteiger partial charge in [-0.05, 0) is 24.6 Å². The molecule has 0 spiro atoms. The standard InChI is InChI=1S/C17H18ClN3O2/c1-13(14-6-3-2-4-7-14)20-21(12-19-11-17(22)23)16-9-5-8-15(18)10-16/h2-10,12-13,20H,11H2,1H3,(H,22,23)/p+1/t13-/m0/s1. The first-order valence-corrected chi connectivity index (χ1v) is 7.58. The maximum Gasteiger partial charge on any atom is 0.345 e. The summed E-state index contributed by atoms with van der Waals surface area (Å²) in [7, 11) is 0. The molecule has 0 amide bonds. The zero-order valence-electron chi connectivity index (χ0n) is 12.7. The zero-order chi connectivity index (χ0) is 16.7. The van der Waals surface area contributed by atoms with Crippen LogP contribution in [0.15, 0.2) is 54.6 Å². The number of rotatable bonds is 7. The number of hydrazine groups is 1. The highest BCUT2D eigenvalue weighted by Gasteiger charge is 2.12. The molecule has 6 heteroatoms. The molecular weight excluding hydrogens is 314 g/mol. The van der Waals surface area contributed by atoms with Crippen LogP contribution in [0.3, 0.4) is 0 Å².